The van der Waals surface area contributed by atoms with E-state index in [0.29, 0.717) is 6.04 Å². The van der Waals surface area contributed by atoms with Gasteiger partial charge in [0.25, 0.3) is 5.91 Å². The van der Waals surface area contributed by atoms with E-state index in [1.807, 2.05) is 36.2 Å². The van der Waals surface area contributed by atoms with Crippen LogP contribution in [0.2, 0.25) is 0 Å². The van der Waals surface area contributed by atoms with Crippen LogP contribution in [0.5, 0.6) is 0 Å². The zero-order valence-electron chi connectivity index (χ0n) is 12.9. The van der Waals surface area contributed by atoms with E-state index in [9.17, 15) is 4.79 Å². The van der Waals surface area contributed by atoms with E-state index in [1.54, 1.807) is 11.3 Å². The summed E-state index contributed by atoms with van der Waals surface area (Å²) in [4.78, 5) is 16.5. The van der Waals surface area contributed by atoms with Crippen molar-refractivity contribution in [3.05, 3.63) is 45.7 Å². The van der Waals surface area contributed by atoms with Crippen LogP contribution >= 0.6 is 39.7 Å². The van der Waals surface area contributed by atoms with Crippen LogP contribution < -0.4 is 5.32 Å². The molecule has 0 spiro atoms. The van der Waals surface area contributed by atoms with Gasteiger partial charge in [-0.2, -0.15) is 0 Å². The molecule has 0 saturated carbocycles. The van der Waals surface area contributed by atoms with E-state index >= 15 is 0 Å². The lowest BCUT2D eigenvalue weighted by atomic mass is 10.1. The molecule has 1 saturated heterocycles. The third-order valence-corrected chi connectivity index (χ3v) is 5.77. The molecule has 1 fully saturated rings. The molecule has 0 unspecified atom stereocenters. The maximum Gasteiger partial charge on any atom is 0.263 e. The summed E-state index contributed by atoms with van der Waals surface area (Å²) >= 11 is 5.02. The van der Waals surface area contributed by atoms with Gasteiger partial charge < -0.3 is 10.2 Å². The van der Waals surface area contributed by atoms with Crippen molar-refractivity contribution in [2.45, 2.75) is 18.9 Å². The number of hydrogen-bond donors (Lipinski definition) is 1. The van der Waals surface area contributed by atoms with Gasteiger partial charge in [-0.1, -0.05) is 28.1 Å². The lowest BCUT2D eigenvalue weighted by Gasteiger charge is -2.31. The number of amides is 1. The number of carbonyl (C=O) groups is 1. The Labute approximate surface area is 155 Å². The van der Waals surface area contributed by atoms with Crippen LogP contribution in [-0.2, 0) is 0 Å². The average Bonchev–Trinajstić information content (AvgIpc) is 3.05. The number of rotatable bonds is 3. The minimum Gasteiger partial charge on any atom is -0.338 e. The molecule has 2 aromatic rings. The third-order valence-electron chi connectivity index (χ3n) is 4.12. The van der Waals surface area contributed by atoms with Crippen LogP contribution in [0.15, 0.2) is 40.9 Å². The zero-order valence-corrected chi connectivity index (χ0v) is 16.1. The second kappa shape index (κ2) is 8.29. The predicted molar refractivity (Wildman–Crippen MR) is 103 cm³/mol. The molecule has 1 aliphatic heterocycles. The maximum atomic E-state index is 12.7. The van der Waals surface area contributed by atoms with Crippen molar-refractivity contribution in [1.29, 1.82) is 0 Å². The van der Waals surface area contributed by atoms with Gasteiger partial charge in [-0.3, -0.25) is 4.79 Å². The van der Waals surface area contributed by atoms with Crippen LogP contribution in [0.25, 0.3) is 10.4 Å². The van der Waals surface area contributed by atoms with Crippen LogP contribution in [0.1, 0.15) is 22.5 Å². The molecule has 1 aromatic heterocycles. The highest BCUT2D eigenvalue weighted by Gasteiger charge is 2.23. The molecule has 0 radical (unpaired) electrons. The van der Waals surface area contributed by atoms with E-state index in [-0.39, 0.29) is 18.3 Å². The molecular formula is C17H20BrClN2OS. The molecule has 23 heavy (non-hydrogen) atoms. The quantitative estimate of drug-likeness (QED) is 0.804. The Balaban J connectivity index is 0.00000192. The Hall–Kier alpha value is -0.880. The van der Waals surface area contributed by atoms with E-state index in [4.69, 9.17) is 0 Å². The number of piperidine rings is 1. The van der Waals surface area contributed by atoms with Crippen molar-refractivity contribution in [3.8, 4) is 10.4 Å². The average molecular weight is 416 g/mol. The lowest BCUT2D eigenvalue weighted by molar-refractivity contribution is 0.0708. The van der Waals surface area contributed by atoms with E-state index < -0.39 is 0 Å². The van der Waals surface area contributed by atoms with Crippen molar-refractivity contribution >= 4 is 45.6 Å². The first kappa shape index (κ1) is 18.5. The second-order valence-corrected chi connectivity index (χ2v) is 7.57. The first-order valence-electron chi connectivity index (χ1n) is 7.49. The summed E-state index contributed by atoms with van der Waals surface area (Å²) in [7, 11) is 1.93. The standard InChI is InChI=1S/C17H19BrN2OS.ClH/c1-20(14-8-10-19-11-9-14)17(21)16-7-6-15(22-16)12-2-4-13(18)5-3-12;/h2-7,14,19H,8-11H2,1H3;1H. The number of thiophene rings is 1. The molecule has 124 valence electrons. The summed E-state index contributed by atoms with van der Waals surface area (Å²) < 4.78 is 1.06. The number of benzene rings is 1. The minimum absolute atomic E-state index is 0. The molecule has 2 heterocycles. The number of carbonyl (C=O) groups excluding carboxylic acids is 1. The molecule has 1 aliphatic rings. The number of hydrogen-bond acceptors (Lipinski definition) is 3. The fourth-order valence-electron chi connectivity index (χ4n) is 2.76. The highest BCUT2D eigenvalue weighted by molar-refractivity contribution is 9.10. The fraction of sp³-hybridized carbons (Fsp3) is 0.353. The summed E-state index contributed by atoms with van der Waals surface area (Å²) in [5.74, 6) is 0.139. The normalized spacial score (nSPS) is 15.0. The fourth-order valence-corrected chi connectivity index (χ4v) is 4.01. The Morgan fingerprint density at radius 1 is 1.17 bits per heavy atom. The van der Waals surface area contributed by atoms with Gasteiger partial charge in [-0.25, -0.2) is 0 Å². The van der Waals surface area contributed by atoms with Crippen molar-refractivity contribution in [3.63, 3.8) is 0 Å². The Bertz CT molecular complexity index is 653. The van der Waals surface area contributed by atoms with Gasteiger partial charge in [0.1, 0.15) is 0 Å². The van der Waals surface area contributed by atoms with Gasteiger partial charge in [0, 0.05) is 22.4 Å². The van der Waals surface area contributed by atoms with Gasteiger partial charge in [-0.15, -0.1) is 23.7 Å². The van der Waals surface area contributed by atoms with Crippen molar-refractivity contribution in [2.75, 3.05) is 20.1 Å². The van der Waals surface area contributed by atoms with Crippen LogP contribution in [0.4, 0.5) is 0 Å². The van der Waals surface area contributed by atoms with Gasteiger partial charge in [-0.05, 0) is 55.8 Å². The third kappa shape index (κ3) is 4.35. The van der Waals surface area contributed by atoms with Gasteiger partial charge >= 0.3 is 0 Å². The second-order valence-electron chi connectivity index (χ2n) is 5.57. The monoisotopic (exact) mass is 414 g/mol. The van der Waals surface area contributed by atoms with Crippen LogP contribution in [0, 0.1) is 0 Å². The van der Waals surface area contributed by atoms with Gasteiger partial charge in [0.15, 0.2) is 0 Å². The Morgan fingerprint density at radius 3 is 2.48 bits per heavy atom. The number of nitrogens with one attached hydrogen (secondary N) is 1. The number of halogens is 2. The smallest absolute Gasteiger partial charge is 0.263 e. The Kier molecular flexibility index (Phi) is 6.65. The minimum atomic E-state index is 0. The van der Waals surface area contributed by atoms with Gasteiger partial charge in [0.05, 0.1) is 4.88 Å². The Morgan fingerprint density at radius 2 is 1.83 bits per heavy atom. The molecule has 1 amide bonds. The van der Waals surface area contributed by atoms with E-state index in [0.717, 1.165) is 45.7 Å². The van der Waals surface area contributed by atoms with Crippen LogP contribution in [0.3, 0.4) is 0 Å². The summed E-state index contributed by atoms with van der Waals surface area (Å²) in [6.07, 6.45) is 2.07. The summed E-state index contributed by atoms with van der Waals surface area (Å²) in [6, 6.07) is 12.5. The summed E-state index contributed by atoms with van der Waals surface area (Å²) in [5.41, 5.74) is 1.15. The SMILES string of the molecule is CN(C(=O)c1ccc(-c2ccc(Br)cc2)s1)C1CCNCC1.Cl. The van der Waals surface area contributed by atoms with Crippen LogP contribution in [-0.4, -0.2) is 37.0 Å². The molecule has 1 aromatic carbocycles. The predicted octanol–water partition coefficient (Wildman–Crippen LogP) is 4.42. The first-order chi connectivity index (χ1) is 10.6. The molecule has 3 rings (SSSR count). The maximum absolute atomic E-state index is 12.7. The van der Waals surface area contributed by atoms with Crippen molar-refractivity contribution in [1.82, 2.24) is 10.2 Å². The summed E-state index contributed by atoms with van der Waals surface area (Å²) in [6.45, 7) is 1.99. The van der Waals surface area contributed by atoms with Gasteiger partial charge in [0.2, 0.25) is 0 Å². The largest absolute Gasteiger partial charge is 0.338 e. The zero-order chi connectivity index (χ0) is 15.5. The van der Waals surface area contributed by atoms with E-state index in [1.165, 1.54) is 0 Å². The number of nitrogens with zero attached hydrogens (tertiary/aromatic N) is 1. The van der Waals surface area contributed by atoms with Crippen molar-refractivity contribution < 1.29 is 4.79 Å². The molecule has 6 heteroatoms. The molecule has 1 N–H and O–H groups in total. The lowest BCUT2D eigenvalue weighted by Crippen LogP contribution is -2.43. The highest BCUT2D eigenvalue weighted by Crippen LogP contribution is 2.30. The molecule has 0 aliphatic carbocycles. The van der Waals surface area contributed by atoms with E-state index in [2.05, 4.69) is 33.4 Å². The first-order valence-corrected chi connectivity index (χ1v) is 9.10. The molecular weight excluding hydrogens is 396 g/mol. The van der Waals surface area contributed by atoms with Crippen molar-refractivity contribution in [2.24, 2.45) is 0 Å². The molecule has 3 nitrogen and oxygen atoms in total. The highest BCUT2D eigenvalue weighted by atomic mass is 79.9. The molecule has 0 atom stereocenters. The molecule has 0 bridgehead atoms. The summed E-state index contributed by atoms with van der Waals surface area (Å²) in [5, 5.41) is 3.34. The topological polar surface area (TPSA) is 32.3 Å².